The van der Waals surface area contributed by atoms with Crippen molar-refractivity contribution in [3.05, 3.63) is 33.9 Å². The number of hydrogen-bond donors (Lipinski definition) is 2. The van der Waals surface area contributed by atoms with Gasteiger partial charge in [0.1, 0.15) is 11.3 Å². The van der Waals surface area contributed by atoms with E-state index < -0.39 is 34.3 Å². The summed E-state index contributed by atoms with van der Waals surface area (Å²) < 4.78 is 27.6. The van der Waals surface area contributed by atoms with Crippen LogP contribution in [-0.4, -0.2) is 59.1 Å². The third-order valence-corrected chi connectivity index (χ3v) is 6.36. The van der Waals surface area contributed by atoms with Crippen molar-refractivity contribution in [1.29, 1.82) is 0 Å². The third kappa shape index (κ3) is 6.41. The molecule has 0 amide bonds. The van der Waals surface area contributed by atoms with E-state index in [1.807, 2.05) is 27.7 Å². The average molecular weight is 523 g/mol. The Morgan fingerprint density at radius 3 is 2.24 bits per heavy atom. The molecule has 1 saturated carbocycles. The Morgan fingerprint density at radius 1 is 1.16 bits per heavy atom. The highest BCUT2D eigenvalue weighted by atomic mass is 19.1. The Bertz CT molecular complexity index is 1170. The van der Waals surface area contributed by atoms with E-state index in [0.29, 0.717) is 5.52 Å². The Labute approximate surface area is 216 Å². The first-order valence-corrected chi connectivity index (χ1v) is 13.0. The molecule has 10 heteroatoms. The maximum absolute atomic E-state index is 15.4. The first-order chi connectivity index (χ1) is 17.7. The first-order valence-electron chi connectivity index (χ1n) is 13.0. The highest BCUT2D eigenvalue weighted by molar-refractivity contribution is 5.97. The number of esters is 1. The fourth-order valence-electron chi connectivity index (χ4n) is 4.53. The number of aliphatic hydroxyl groups is 1. The van der Waals surface area contributed by atoms with Crippen molar-refractivity contribution in [2.75, 3.05) is 31.7 Å². The van der Waals surface area contributed by atoms with Crippen LogP contribution >= 0.6 is 0 Å². The number of methoxy groups -OCH3 is 1. The lowest BCUT2D eigenvalue weighted by Crippen LogP contribution is -2.46. The van der Waals surface area contributed by atoms with E-state index in [1.54, 1.807) is 16.4 Å². The molecule has 1 saturated heterocycles. The number of hydrogen-bond acceptors (Lipinski definition) is 7. The minimum atomic E-state index is -1.36. The third-order valence-electron chi connectivity index (χ3n) is 6.36. The summed E-state index contributed by atoms with van der Waals surface area (Å²) in [5, 5.41) is 20.2. The van der Waals surface area contributed by atoms with E-state index in [-0.39, 0.29) is 61.8 Å². The van der Waals surface area contributed by atoms with Gasteiger partial charge in [-0.1, -0.05) is 27.7 Å². The first kappa shape index (κ1) is 30.1. The van der Waals surface area contributed by atoms with Gasteiger partial charge < -0.3 is 29.2 Å². The molecule has 9 nitrogen and oxygen atoms in total. The van der Waals surface area contributed by atoms with E-state index in [0.717, 1.165) is 18.9 Å². The smallest absolute Gasteiger partial charge is 0.341 e. The normalized spacial score (nSPS) is 16.2. The summed E-state index contributed by atoms with van der Waals surface area (Å²) in [6.07, 6.45) is 3.25. The van der Waals surface area contributed by atoms with Crippen LogP contribution in [-0.2, 0) is 9.53 Å². The fourth-order valence-corrected chi connectivity index (χ4v) is 4.53. The van der Waals surface area contributed by atoms with Crippen molar-refractivity contribution in [2.45, 2.75) is 78.4 Å². The summed E-state index contributed by atoms with van der Waals surface area (Å²) in [5.41, 5.74) is -1.90. The molecule has 2 heterocycles. The molecular weight excluding hydrogens is 483 g/mol. The molecule has 1 aromatic carbocycles. The SMILES string of the molecule is CC.CC.CCOC(=O)CC1(O)CCN(c2c(F)cc3c(=O)c(C(=O)O)cn(C4CC4)c3c2OC)CC1. The van der Waals surface area contributed by atoms with Crippen LogP contribution < -0.4 is 15.1 Å². The van der Waals surface area contributed by atoms with Crippen molar-refractivity contribution in [3.63, 3.8) is 0 Å². The number of carbonyl (C=O) groups is 2. The van der Waals surface area contributed by atoms with Crippen LogP contribution in [0, 0.1) is 5.82 Å². The number of rotatable bonds is 7. The molecule has 2 aromatic rings. The second-order valence-electron chi connectivity index (χ2n) is 8.65. The van der Waals surface area contributed by atoms with Gasteiger partial charge in [0.2, 0.25) is 5.43 Å². The zero-order valence-electron chi connectivity index (χ0n) is 22.6. The van der Waals surface area contributed by atoms with Gasteiger partial charge in [0.05, 0.1) is 36.6 Å². The Hall–Kier alpha value is -3.14. The number of anilines is 1. The van der Waals surface area contributed by atoms with Gasteiger partial charge in [-0.15, -0.1) is 0 Å². The molecule has 0 radical (unpaired) electrons. The number of pyridine rings is 1. The quantitative estimate of drug-likeness (QED) is 0.510. The van der Waals surface area contributed by atoms with Crippen molar-refractivity contribution in [2.24, 2.45) is 0 Å². The zero-order chi connectivity index (χ0) is 27.9. The van der Waals surface area contributed by atoms with Gasteiger partial charge in [0, 0.05) is 25.3 Å². The van der Waals surface area contributed by atoms with Crippen LogP contribution in [0.4, 0.5) is 10.1 Å². The predicted octanol–water partition coefficient (Wildman–Crippen LogP) is 4.52. The molecule has 37 heavy (non-hydrogen) atoms. The summed E-state index contributed by atoms with van der Waals surface area (Å²) >= 11 is 0. The van der Waals surface area contributed by atoms with Crippen molar-refractivity contribution in [3.8, 4) is 5.75 Å². The number of ether oxygens (including phenoxy) is 2. The van der Waals surface area contributed by atoms with Crippen molar-refractivity contribution < 1.29 is 33.7 Å². The molecule has 206 valence electrons. The molecule has 0 bridgehead atoms. The van der Waals surface area contributed by atoms with Crippen molar-refractivity contribution in [1.82, 2.24) is 4.57 Å². The molecule has 2 N–H and O–H groups in total. The van der Waals surface area contributed by atoms with Gasteiger partial charge >= 0.3 is 11.9 Å². The number of benzene rings is 1. The number of carboxylic acids is 1. The van der Waals surface area contributed by atoms with Gasteiger partial charge in [-0.3, -0.25) is 9.59 Å². The fraction of sp³-hybridized carbons (Fsp3) is 0.593. The molecule has 1 aromatic heterocycles. The minimum Gasteiger partial charge on any atom is -0.492 e. The van der Waals surface area contributed by atoms with Crippen molar-refractivity contribution >= 4 is 28.5 Å². The standard InChI is InChI=1S/C23H27FN2O7.2C2H6/c1-3-33-17(27)11-23(31)6-8-25(9-7-23)19-16(24)10-14-18(21(19)32-2)26(13-4-5-13)12-15(20(14)28)22(29)30;2*1-2/h10,12-13,31H,3-9,11H2,1-2H3,(H,29,30);2*1-2H3. The largest absolute Gasteiger partial charge is 0.492 e. The Kier molecular flexibility index (Phi) is 10.5. The number of piperidine rings is 1. The molecule has 2 fully saturated rings. The Balaban J connectivity index is 0.00000115. The van der Waals surface area contributed by atoms with E-state index in [9.17, 15) is 24.6 Å². The number of halogens is 1. The second kappa shape index (κ2) is 12.9. The number of aromatic carboxylic acids is 1. The highest BCUT2D eigenvalue weighted by Crippen LogP contribution is 2.44. The maximum Gasteiger partial charge on any atom is 0.341 e. The zero-order valence-corrected chi connectivity index (χ0v) is 22.6. The lowest BCUT2D eigenvalue weighted by Gasteiger charge is -2.39. The molecule has 4 rings (SSSR count). The predicted molar refractivity (Wildman–Crippen MR) is 140 cm³/mol. The molecule has 2 aliphatic rings. The molecule has 0 unspecified atom stereocenters. The van der Waals surface area contributed by atoms with Gasteiger partial charge in [0.15, 0.2) is 11.6 Å². The molecule has 1 aliphatic heterocycles. The van der Waals surface area contributed by atoms with Crippen LogP contribution in [0.25, 0.3) is 10.9 Å². The van der Waals surface area contributed by atoms with Crippen LogP contribution in [0.3, 0.4) is 0 Å². The number of fused-ring (bicyclic) bond motifs is 1. The summed E-state index contributed by atoms with van der Waals surface area (Å²) in [6, 6.07) is 1.08. The summed E-state index contributed by atoms with van der Waals surface area (Å²) in [7, 11) is 1.38. The lowest BCUT2D eigenvalue weighted by atomic mass is 9.88. The monoisotopic (exact) mass is 522 g/mol. The van der Waals surface area contributed by atoms with E-state index in [2.05, 4.69) is 0 Å². The van der Waals surface area contributed by atoms with E-state index in [4.69, 9.17) is 9.47 Å². The van der Waals surface area contributed by atoms with Crippen LogP contribution in [0.2, 0.25) is 0 Å². The maximum atomic E-state index is 15.4. The van der Waals surface area contributed by atoms with Crippen LogP contribution in [0.15, 0.2) is 17.1 Å². The lowest BCUT2D eigenvalue weighted by molar-refractivity contribution is -0.149. The molecule has 1 aliphatic carbocycles. The minimum absolute atomic E-state index is 0.00874. The highest BCUT2D eigenvalue weighted by Gasteiger charge is 2.37. The topological polar surface area (TPSA) is 118 Å². The number of carboxylic acid groups (broad SMARTS) is 1. The van der Waals surface area contributed by atoms with Gasteiger partial charge in [-0.25, -0.2) is 9.18 Å². The molecular formula is C27H39FN2O7. The number of aromatic nitrogens is 1. The summed E-state index contributed by atoms with van der Waals surface area (Å²) in [5.74, 6) is -2.40. The Morgan fingerprint density at radius 2 is 1.76 bits per heavy atom. The van der Waals surface area contributed by atoms with Crippen LogP contribution in [0.5, 0.6) is 5.75 Å². The second-order valence-corrected chi connectivity index (χ2v) is 8.65. The van der Waals surface area contributed by atoms with Gasteiger partial charge in [-0.05, 0) is 38.7 Å². The van der Waals surface area contributed by atoms with Gasteiger partial charge in [0.25, 0.3) is 0 Å². The van der Waals surface area contributed by atoms with Gasteiger partial charge in [-0.2, -0.15) is 0 Å². The number of carbonyl (C=O) groups excluding carboxylic acids is 1. The average Bonchev–Trinajstić information content (AvgIpc) is 3.72. The molecule has 0 atom stereocenters. The van der Waals surface area contributed by atoms with E-state index >= 15 is 4.39 Å². The molecule has 0 spiro atoms. The number of nitrogens with zero attached hydrogens (tertiary/aromatic N) is 2. The summed E-state index contributed by atoms with van der Waals surface area (Å²) in [4.78, 5) is 38.0. The summed E-state index contributed by atoms with van der Waals surface area (Å²) in [6.45, 7) is 10.4. The van der Waals surface area contributed by atoms with E-state index in [1.165, 1.54) is 13.3 Å². The van der Waals surface area contributed by atoms with Crippen LogP contribution in [0.1, 0.15) is 83.1 Å².